The van der Waals surface area contributed by atoms with Crippen molar-refractivity contribution in [2.24, 2.45) is 5.41 Å². The average Bonchev–Trinajstić information content (AvgIpc) is 2.92. The van der Waals surface area contributed by atoms with Crippen LogP contribution in [0.2, 0.25) is 0 Å². The van der Waals surface area contributed by atoms with Gasteiger partial charge in [0.1, 0.15) is 11.4 Å². The van der Waals surface area contributed by atoms with E-state index in [1.54, 1.807) is 32.9 Å². The van der Waals surface area contributed by atoms with Crippen LogP contribution in [0.5, 0.6) is 0 Å². The van der Waals surface area contributed by atoms with Crippen LogP contribution in [0, 0.1) is 11.2 Å². The summed E-state index contributed by atoms with van der Waals surface area (Å²) in [7, 11) is 1.36. The lowest BCUT2D eigenvalue weighted by Crippen LogP contribution is -2.40. The van der Waals surface area contributed by atoms with E-state index in [1.807, 2.05) is 0 Å². The van der Waals surface area contributed by atoms with E-state index in [2.05, 4.69) is 21.2 Å². The van der Waals surface area contributed by atoms with Gasteiger partial charge in [-0.2, -0.15) is 0 Å². The van der Waals surface area contributed by atoms with Gasteiger partial charge < -0.3 is 14.8 Å². The molecule has 1 fully saturated rings. The first-order valence-electron chi connectivity index (χ1n) is 8.56. The second-order valence-electron chi connectivity index (χ2n) is 7.78. The minimum atomic E-state index is -0.744. The van der Waals surface area contributed by atoms with Crippen molar-refractivity contribution in [3.8, 4) is 0 Å². The second kappa shape index (κ2) is 7.94. The molecule has 0 bridgehead atoms. The van der Waals surface area contributed by atoms with Crippen molar-refractivity contribution < 1.29 is 23.5 Å². The van der Waals surface area contributed by atoms with E-state index in [9.17, 15) is 14.0 Å². The first kappa shape index (κ1) is 20.7. The van der Waals surface area contributed by atoms with Gasteiger partial charge in [-0.1, -0.05) is 6.07 Å². The van der Waals surface area contributed by atoms with Gasteiger partial charge in [0, 0.05) is 6.04 Å². The quantitative estimate of drug-likeness (QED) is 0.721. The second-order valence-corrected chi connectivity index (χ2v) is 8.64. The summed E-state index contributed by atoms with van der Waals surface area (Å²) in [6.07, 6.45) is 1.61. The van der Waals surface area contributed by atoms with Gasteiger partial charge in [0.15, 0.2) is 0 Å². The summed E-state index contributed by atoms with van der Waals surface area (Å²) < 4.78 is 24.1. The van der Waals surface area contributed by atoms with E-state index < -0.39 is 17.1 Å². The van der Waals surface area contributed by atoms with Crippen molar-refractivity contribution in [2.75, 3.05) is 7.11 Å². The van der Waals surface area contributed by atoms with E-state index in [0.29, 0.717) is 30.2 Å². The Morgan fingerprint density at radius 1 is 1.38 bits per heavy atom. The van der Waals surface area contributed by atoms with E-state index in [4.69, 9.17) is 9.47 Å². The number of nitrogens with one attached hydrogen (secondary N) is 1. The number of carbonyl (C=O) groups excluding carboxylic acids is 2. The minimum absolute atomic E-state index is 0.173. The molecule has 5 nitrogen and oxygen atoms in total. The van der Waals surface area contributed by atoms with Crippen molar-refractivity contribution in [1.29, 1.82) is 0 Å². The molecule has 1 aliphatic rings. The third-order valence-corrected chi connectivity index (χ3v) is 5.08. The number of benzene rings is 1. The maximum atomic E-state index is 13.5. The number of rotatable bonds is 4. The number of methoxy groups -OCH3 is 1. The smallest absolute Gasteiger partial charge is 0.407 e. The Kier molecular flexibility index (Phi) is 6.32. The molecule has 0 saturated heterocycles. The number of ether oxygens (including phenoxy) is 2. The largest absolute Gasteiger partial charge is 0.469 e. The summed E-state index contributed by atoms with van der Waals surface area (Å²) in [6, 6.07) is 4.54. The molecule has 2 atom stereocenters. The number of alkyl carbamates (subject to hydrolysis) is 1. The van der Waals surface area contributed by atoms with Crippen molar-refractivity contribution in [3.05, 3.63) is 34.1 Å². The zero-order valence-corrected chi connectivity index (χ0v) is 17.1. The Hall–Kier alpha value is -1.63. The maximum Gasteiger partial charge on any atom is 0.407 e. The summed E-state index contributed by atoms with van der Waals surface area (Å²) in [5.74, 6) is -0.664. The van der Waals surface area contributed by atoms with Gasteiger partial charge in [0.05, 0.1) is 17.0 Å². The molecule has 0 aromatic heterocycles. The van der Waals surface area contributed by atoms with E-state index in [-0.39, 0.29) is 17.8 Å². The molecule has 2 rings (SSSR count). The standard InChI is InChI=1S/C19H25BrFNO4/c1-18(2,3)26-17(24)22-13-7-8-19(11-13,16(23)25-4)10-12-5-6-15(21)14(20)9-12/h5-6,9,13H,7-8,10-11H2,1-4H3,(H,22,24)/t13-,19+/m0/s1. The summed E-state index contributed by atoms with van der Waals surface area (Å²) in [4.78, 5) is 24.5. The molecule has 1 aliphatic carbocycles. The minimum Gasteiger partial charge on any atom is -0.469 e. The predicted molar refractivity (Wildman–Crippen MR) is 99.3 cm³/mol. The number of hydrogen-bond acceptors (Lipinski definition) is 4. The molecule has 0 unspecified atom stereocenters. The van der Waals surface area contributed by atoms with Gasteiger partial charge in [-0.25, -0.2) is 9.18 Å². The third-order valence-electron chi connectivity index (χ3n) is 4.47. The van der Waals surface area contributed by atoms with Gasteiger partial charge in [-0.3, -0.25) is 4.79 Å². The number of amides is 1. The maximum absolute atomic E-state index is 13.5. The van der Waals surface area contributed by atoms with Crippen LogP contribution in [0.25, 0.3) is 0 Å². The zero-order valence-electron chi connectivity index (χ0n) is 15.5. The Bertz CT molecular complexity index is 689. The summed E-state index contributed by atoms with van der Waals surface area (Å²) in [6.45, 7) is 5.39. The van der Waals surface area contributed by atoms with Gasteiger partial charge >= 0.3 is 12.1 Å². The lowest BCUT2D eigenvalue weighted by atomic mass is 9.80. The van der Waals surface area contributed by atoms with Crippen LogP contribution < -0.4 is 5.32 Å². The molecule has 1 aromatic rings. The Labute approximate surface area is 161 Å². The summed E-state index contributed by atoms with van der Waals surface area (Å²) in [5.41, 5.74) is -0.490. The van der Waals surface area contributed by atoms with Crippen LogP contribution >= 0.6 is 15.9 Å². The van der Waals surface area contributed by atoms with E-state index >= 15 is 0 Å². The van der Waals surface area contributed by atoms with Crippen molar-refractivity contribution in [1.82, 2.24) is 5.32 Å². The molecule has 1 N–H and O–H groups in total. The van der Waals surface area contributed by atoms with Gasteiger partial charge in [-0.15, -0.1) is 0 Å². The van der Waals surface area contributed by atoms with Crippen molar-refractivity contribution in [2.45, 2.75) is 58.1 Å². The fraction of sp³-hybridized carbons (Fsp3) is 0.579. The molecule has 0 heterocycles. The monoisotopic (exact) mass is 429 g/mol. The molecule has 0 radical (unpaired) electrons. The lowest BCUT2D eigenvalue weighted by Gasteiger charge is -2.27. The molecule has 7 heteroatoms. The molecule has 0 aliphatic heterocycles. The number of carbonyl (C=O) groups is 2. The van der Waals surface area contributed by atoms with Crippen LogP contribution in [-0.2, 0) is 20.7 Å². The SMILES string of the molecule is COC(=O)[C@@]1(Cc2ccc(F)c(Br)c2)CC[C@H](NC(=O)OC(C)(C)C)C1. The van der Waals surface area contributed by atoms with Crippen LogP contribution in [0.1, 0.15) is 45.6 Å². The molecule has 1 saturated carbocycles. The highest BCUT2D eigenvalue weighted by atomic mass is 79.9. The Morgan fingerprint density at radius 2 is 2.08 bits per heavy atom. The fourth-order valence-corrected chi connectivity index (χ4v) is 3.82. The molecular weight excluding hydrogens is 405 g/mol. The topological polar surface area (TPSA) is 64.6 Å². The van der Waals surface area contributed by atoms with Gasteiger partial charge in [0.25, 0.3) is 0 Å². The van der Waals surface area contributed by atoms with Crippen molar-refractivity contribution >= 4 is 28.0 Å². The number of hydrogen-bond donors (Lipinski definition) is 1. The highest BCUT2D eigenvalue weighted by Crippen LogP contribution is 2.42. The average molecular weight is 430 g/mol. The summed E-state index contributed by atoms with van der Waals surface area (Å²) in [5, 5.41) is 2.84. The molecule has 1 aromatic carbocycles. The van der Waals surface area contributed by atoms with Crippen molar-refractivity contribution in [3.63, 3.8) is 0 Å². The normalized spacial score (nSPS) is 22.8. The van der Waals surface area contributed by atoms with E-state index in [0.717, 1.165) is 5.56 Å². The van der Waals surface area contributed by atoms with Crippen LogP contribution in [0.15, 0.2) is 22.7 Å². The highest BCUT2D eigenvalue weighted by Gasteiger charge is 2.47. The lowest BCUT2D eigenvalue weighted by molar-refractivity contribution is -0.152. The van der Waals surface area contributed by atoms with Crippen LogP contribution in [0.4, 0.5) is 9.18 Å². The first-order chi connectivity index (χ1) is 12.0. The molecular formula is C19H25BrFNO4. The predicted octanol–water partition coefficient (Wildman–Crippen LogP) is 4.37. The fourth-order valence-electron chi connectivity index (χ4n) is 3.40. The number of halogens is 2. The third kappa shape index (κ3) is 5.19. The Balaban J connectivity index is 2.12. The molecule has 26 heavy (non-hydrogen) atoms. The zero-order chi connectivity index (χ0) is 19.5. The number of esters is 1. The first-order valence-corrected chi connectivity index (χ1v) is 9.36. The molecule has 144 valence electrons. The van der Waals surface area contributed by atoms with Gasteiger partial charge in [-0.05, 0) is 80.1 Å². The van der Waals surface area contributed by atoms with Crippen LogP contribution in [0.3, 0.4) is 0 Å². The Morgan fingerprint density at radius 3 is 2.65 bits per heavy atom. The highest BCUT2D eigenvalue weighted by molar-refractivity contribution is 9.10. The van der Waals surface area contributed by atoms with Gasteiger partial charge in [0.2, 0.25) is 0 Å². The molecule has 1 amide bonds. The molecule has 0 spiro atoms. The van der Waals surface area contributed by atoms with E-state index in [1.165, 1.54) is 13.2 Å². The summed E-state index contributed by atoms with van der Waals surface area (Å²) >= 11 is 3.17. The van der Waals surface area contributed by atoms with Crippen LogP contribution in [-0.4, -0.2) is 30.8 Å².